The molecule has 0 aromatic rings. The molecule has 2 radical (unpaired) electrons. The number of nitrogens with zero attached hydrogens (tertiary/aromatic N) is 9. The molecule has 0 aliphatic heterocycles. The Morgan fingerprint density at radius 3 is 0.195 bits per heavy atom. The third-order valence-electron chi connectivity index (χ3n) is 0. The van der Waals surface area contributed by atoms with Gasteiger partial charge in [-0.3, -0.25) is 0 Å². The number of hydrogen-bond acceptors (Lipinski definition) is 27. The van der Waals surface area contributed by atoms with Gasteiger partial charge in [0.25, 0.3) is 0 Å². The molecular weight excluding hydrogens is 956 g/mol. The third-order valence-corrected chi connectivity index (χ3v) is 0. The second-order valence-electron chi connectivity index (χ2n) is 2.01. The SMILES string of the molecule is O=[N+]([O-])[O-].O=[N+]([O-])[O-].O=[N+]([O-])[O-].O=[N+]([O-])[O-].O=[N+]([O-])[O-].O=[N+]([O-])[O-].O=[N+]([O-])[O-].O=[N+]([O-])[O-].O=[N+]([O-])[O-].[Ce+3].[Ce+3].[K+].[K+].[K+]. The van der Waals surface area contributed by atoms with Crippen LogP contribution < -0.4 is 154 Å². The Morgan fingerprint density at radius 2 is 0.195 bits per heavy atom. The van der Waals surface area contributed by atoms with E-state index in [2.05, 4.69) is 0 Å². The second kappa shape index (κ2) is 83.5. The molecule has 41 heteroatoms. The summed E-state index contributed by atoms with van der Waals surface area (Å²) in [6.07, 6.45) is 0. The molecule has 36 nitrogen and oxygen atoms in total. The Balaban J connectivity index is -0.0000000164. The summed E-state index contributed by atoms with van der Waals surface area (Å²) in [7, 11) is 0. The summed E-state index contributed by atoms with van der Waals surface area (Å²) in [5.74, 6) is 0. The summed E-state index contributed by atoms with van der Waals surface area (Å²) in [6.45, 7) is 0. The first-order valence-electron chi connectivity index (χ1n) is 4.93. The number of rotatable bonds is 0. The van der Waals surface area contributed by atoms with E-state index in [4.69, 9.17) is 138 Å². The quantitative estimate of drug-likeness (QED) is 0.124. The molecule has 0 N–H and O–H groups in total. The first kappa shape index (κ1) is 90.0. The Hall–Kier alpha value is 0.462. The first-order valence-corrected chi connectivity index (χ1v) is 4.93. The molecule has 0 unspecified atom stereocenters. The van der Waals surface area contributed by atoms with Crippen LogP contribution in [-0.2, 0) is 0 Å². The molecule has 0 heterocycles. The molecule has 0 aliphatic rings. The maximum absolute atomic E-state index is 8.25. The molecule has 41 heavy (non-hydrogen) atoms. The largest absolute Gasteiger partial charge is 3.00 e. The van der Waals surface area contributed by atoms with E-state index in [0.29, 0.717) is 0 Å². The van der Waals surface area contributed by atoms with Gasteiger partial charge in [-0.1, -0.05) is 0 Å². The van der Waals surface area contributed by atoms with Crippen LogP contribution in [0.3, 0.4) is 0 Å². The van der Waals surface area contributed by atoms with Gasteiger partial charge in [0, 0.05) is 0 Å². The van der Waals surface area contributed by atoms with Crippen LogP contribution in [0.25, 0.3) is 0 Å². The normalized spacial score (nSPS) is 5.27. The molecule has 0 saturated carbocycles. The van der Waals surface area contributed by atoms with Gasteiger partial charge >= 0.3 is 238 Å². The molecule has 0 aliphatic carbocycles. The van der Waals surface area contributed by atoms with E-state index >= 15 is 0 Å². The van der Waals surface area contributed by atoms with Gasteiger partial charge in [0.15, 0.2) is 0 Å². The molecule has 218 valence electrons. The second-order valence-corrected chi connectivity index (χ2v) is 2.01. The van der Waals surface area contributed by atoms with Crippen molar-refractivity contribution in [2.45, 2.75) is 0 Å². The predicted octanol–water partition coefficient (Wildman–Crippen LogP) is -11.1. The van der Waals surface area contributed by atoms with Crippen molar-refractivity contribution in [2.75, 3.05) is 0 Å². The van der Waals surface area contributed by atoms with Crippen molar-refractivity contribution >= 4 is 0 Å². The van der Waals surface area contributed by atoms with Gasteiger partial charge in [-0.2, -0.15) is 0 Å². The maximum Gasteiger partial charge on any atom is 3.00 e. The summed E-state index contributed by atoms with van der Waals surface area (Å²) in [6, 6.07) is 0. The minimum absolute atomic E-state index is 0. The Labute approximate surface area is 412 Å². The summed E-state index contributed by atoms with van der Waals surface area (Å²) >= 11 is 0. The Kier molecular flexibility index (Phi) is 183. The molecule has 0 rings (SSSR count). The summed E-state index contributed by atoms with van der Waals surface area (Å²) in [5.41, 5.74) is 0. The minimum Gasteiger partial charge on any atom is -0.356 e. The molecule has 0 atom stereocenters. The average Bonchev–Trinajstić information content (AvgIpc) is 2.39. The van der Waals surface area contributed by atoms with Gasteiger partial charge in [0.2, 0.25) is 0 Å². The zero-order valence-corrected chi connectivity index (χ0v) is 34.7. The van der Waals surface area contributed by atoms with E-state index in [-0.39, 0.29) is 238 Å². The molecule has 0 bridgehead atoms. The van der Waals surface area contributed by atoms with Crippen molar-refractivity contribution in [1.29, 1.82) is 0 Å². The molecule has 0 fully saturated rings. The van der Waals surface area contributed by atoms with Crippen LogP contribution in [0.15, 0.2) is 0 Å². The molecule has 0 saturated heterocycles. The number of hydrogen-bond donors (Lipinski definition) is 0. The van der Waals surface area contributed by atoms with Gasteiger partial charge in [-0.15, -0.1) is 0 Å². The predicted molar refractivity (Wildman–Crippen MR) is 93.3 cm³/mol. The van der Waals surface area contributed by atoms with Crippen molar-refractivity contribution in [3.63, 3.8) is 0 Å². The molecule has 0 aromatic heterocycles. The van der Waals surface area contributed by atoms with Crippen LogP contribution in [0.5, 0.6) is 0 Å². The molecular formula is Ce2K3N9O27. The van der Waals surface area contributed by atoms with Gasteiger partial charge in [0.1, 0.15) is 0 Å². The third kappa shape index (κ3) is 280000. The molecule has 0 amide bonds. The fraction of sp³-hybridized carbons (Fsp3) is 0. The zero-order chi connectivity index (χ0) is 32.2. The molecule has 0 aromatic carbocycles. The summed E-state index contributed by atoms with van der Waals surface area (Å²) < 4.78 is 0. The van der Waals surface area contributed by atoms with Crippen LogP contribution in [0.1, 0.15) is 0 Å². The minimum atomic E-state index is -1.75. The van der Waals surface area contributed by atoms with Crippen molar-refractivity contribution in [1.82, 2.24) is 0 Å². The fourth-order valence-corrected chi connectivity index (χ4v) is 0. The van der Waals surface area contributed by atoms with E-state index < -0.39 is 45.8 Å². The van der Waals surface area contributed by atoms with Crippen molar-refractivity contribution in [3.05, 3.63) is 138 Å². The van der Waals surface area contributed by atoms with Crippen LogP contribution in [0, 0.1) is 221 Å². The van der Waals surface area contributed by atoms with Gasteiger partial charge < -0.3 is 138 Å². The van der Waals surface area contributed by atoms with E-state index in [1.54, 1.807) is 0 Å². The van der Waals surface area contributed by atoms with E-state index in [1.807, 2.05) is 0 Å². The van der Waals surface area contributed by atoms with Crippen LogP contribution in [-0.4, -0.2) is 45.8 Å². The van der Waals surface area contributed by atoms with E-state index in [9.17, 15) is 0 Å². The van der Waals surface area contributed by atoms with Gasteiger partial charge in [-0.25, -0.2) is 0 Å². The van der Waals surface area contributed by atoms with Crippen LogP contribution in [0.4, 0.5) is 0 Å². The van der Waals surface area contributed by atoms with Gasteiger partial charge in [-0.05, 0) is 0 Å². The monoisotopic (exact) mass is 955 g/mol. The smallest absolute Gasteiger partial charge is 0.356 e. The van der Waals surface area contributed by atoms with Crippen LogP contribution >= 0.6 is 0 Å². The topological polar surface area (TPSA) is 596 Å². The van der Waals surface area contributed by atoms with Crippen molar-refractivity contribution < 1.29 is 283 Å². The maximum atomic E-state index is 8.25. The summed E-state index contributed by atoms with van der Waals surface area (Å²) in [5, 5.41) is 133. The van der Waals surface area contributed by atoms with Gasteiger partial charge in [0.05, 0.1) is 45.8 Å². The standard InChI is InChI=1S/2Ce.3K.9NO3/c;;;;;9*2-1(3)4/q2*+3;3*+1;9*-1. The fourth-order valence-electron chi connectivity index (χ4n) is 0. The Bertz CT molecular complexity index is 434. The van der Waals surface area contributed by atoms with Crippen molar-refractivity contribution in [3.8, 4) is 0 Å². The molecule has 0 spiro atoms. The van der Waals surface area contributed by atoms with Crippen molar-refractivity contribution in [2.24, 2.45) is 0 Å². The summed E-state index contributed by atoms with van der Waals surface area (Å²) in [4.78, 5) is 74.2. The Morgan fingerprint density at radius 1 is 0.195 bits per heavy atom. The van der Waals surface area contributed by atoms with E-state index in [0.717, 1.165) is 0 Å². The van der Waals surface area contributed by atoms with Crippen LogP contribution in [0.2, 0.25) is 0 Å². The zero-order valence-electron chi connectivity index (χ0n) is 19.0. The average molecular weight is 956 g/mol. The first-order chi connectivity index (χ1) is 15.6. The van der Waals surface area contributed by atoms with E-state index in [1.165, 1.54) is 0 Å².